The summed E-state index contributed by atoms with van der Waals surface area (Å²) in [7, 11) is -3.87. The minimum absolute atomic E-state index is 0. The number of nitrogens with one attached hydrogen (secondary N) is 2. The summed E-state index contributed by atoms with van der Waals surface area (Å²) in [5.41, 5.74) is 6.25. The number of sulfonamides is 1. The van der Waals surface area contributed by atoms with Crippen LogP contribution in [0.4, 0.5) is 5.69 Å². The molecular weight excluding hydrogens is 406 g/mol. The third kappa shape index (κ3) is 5.28. The molecule has 1 aliphatic heterocycles. The average Bonchev–Trinajstić information content (AvgIpc) is 3.09. The molecule has 0 bridgehead atoms. The fourth-order valence-corrected chi connectivity index (χ4v) is 3.59. The molecule has 0 spiro atoms. The average molecular weight is 428 g/mol. The summed E-state index contributed by atoms with van der Waals surface area (Å²) < 4.78 is 38.2. The first kappa shape index (κ1) is 21.8. The van der Waals surface area contributed by atoms with Crippen molar-refractivity contribution in [1.29, 1.82) is 0 Å². The summed E-state index contributed by atoms with van der Waals surface area (Å²) in [6.07, 6.45) is 0.634. The maximum absolute atomic E-state index is 12.6. The van der Waals surface area contributed by atoms with Crippen molar-refractivity contribution in [2.24, 2.45) is 5.73 Å². The normalized spacial score (nSPS) is 13.4. The van der Waals surface area contributed by atoms with E-state index in [1.54, 1.807) is 24.3 Å². The fourth-order valence-electron chi connectivity index (χ4n) is 2.49. The van der Waals surface area contributed by atoms with Crippen molar-refractivity contribution >= 4 is 34.0 Å². The van der Waals surface area contributed by atoms with E-state index in [1.165, 1.54) is 18.2 Å². The third-order valence-corrected chi connectivity index (χ3v) is 5.30. The summed E-state index contributed by atoms with van der Waals surface area (Å²) >= 11 is 0. The molecule has 8 nitrogen and oxygen atoms in total. The van der Waals surface area contributed by atoms with Gasteiger partial charge in [-0.1, -0.05) is 6.07 Å². The summed E-state index contributed by atoms with van der Waals surface area (Å²) in [5, 5.41) is 2.72. The molecule has 1 aliphatic rings. The molecule has 0 radical (unpaired) electrons. The first-order valence-corrected chi connectivity index (χ1v) is 9.90. The van der Waals surface area contributed by atoms with Gasteiger partial charge in [0, 0.05) is 24.2 Å². The highest BCUT2D eigenvalue weighted by Gasteiger charge is 2.19. The lowest BCUT2D eigenvalue weighted by atomic mass is 10.2. The smallest absolute Gasteiger partial charge is 0.261 e. The van der Waals surface area contributed by atoms with Gasteiger partial charge in [-0.3, -0.25) is 9.52 Å². The van der Waals surface area contributed by atoms with Crippen LogP contribution in [0.5, 0.6) is 11.5 Å². The Labute approximate surface area is 169 Å². The summed E-state index contributed by atoms with van der Waals surface area (Å²) in [6.45, 7) is 2.37. The Morgan fingerprint density at radius 2 is 1.93 bits per heavy atom. The number of ether oxygens (including phenoxy) is 2. The van der Waals surface area contributed by atoms with E-state index in [1.807, 2.05) is 6.92 Å². The van der Waals surface area contributed by atoms with Gasteiger partial charge >= 0.3 is 0 Å². The van der Waals surface area contributed by atoms with E-state index in [0.29, 0.717) is 30.2 Å². The van der Waals surface area contributed by atoms with Gasteiger partial charge < -0.3 is 20.5 Å². The molecule has 152 valence electrons. The second-order valence-corrected chi connectivity index (χ2v) is 7.91. The van der Waals surface area contributed by atoms with Gasteiger partial charge in [-0.25, -0.2) is 8.42 Å². The molecule has 10 heteroatoms. The number of benzene rings is 2. The number of rotatable bonds is 7. The third-order valence-electron chi connectivity index (χ3n) is 3.92. The number of anilines is 1. The maximum Gasteiger partial charge on any atom is 0.261 e. The molecule has 0 aromatic heterocycles. The standard InChI is InChI=1S/C18H21N3O5S.ClH/c1-12(19)7-8-20-18(22)13-3-2-4-15(9-13)27(23,24)21-14-5-6-16-17(10-14)26-11-25-16;/h2-6,9-10,12,21H,7-8,11,19H2,1H3,(H,20,22);1H. The molecule has 1 heterocycles. The van der Waals surface area contributed by atoms with E-state index in [4.69, 9.17) is 15.2 Å². The molecule has 0 saturated heterocycles. The molecule has 1 amide bonds. The number of hydrogen-bond acceptors (Lipinski definition) is 6. The molecule has 4 N–H and O–H groups in total. The van der Waals surface area contributed by atoms with E-state index in [2.05, 4.69) is 10.0 Å². The molecule has 3 rings (SSSR count). The van der Waals surface area contributed by atoms with Crippen molar-refractivity contribution in [1.82, 2.24) is 5.32 Å². The van der Waals surface area contributed by atoms with E-state index in [-0.39, 0.29) is 41.6 Å². The van der Waals surface area contributed by atoms with Crippen LogP contribution in [-0.2, 0) is 10.0 Å². The summed E-state index contributed by atoms with van der Waals surface area (Å²) in [5.74, 6) is 0.677. The zero-order valence-electron chi connectivity index (χ0n) is 15.2. The molecule has 28 heavy (non-hydrogen) atoms. The van der Waals surface area contributed by atoms with Crippen molar-refractivity contribution < 1.29 is 22.7 Å². The van der Waals surface area contributed by atoms with Crippen molar-refractivity contribution in [3.8, 4) is 11.5 Å². The number of amides is 1. The first-order chi connectivity index (χ1) is 12.8. The molecule has 1 atom stereocenters. The van der Waals surface area contributed by atoms with Gasteiger partial charge in [0.05, 0.1) is 10.6 Å². The van der Waals surface area contributed by atoms with Gasteiger partial charge in [-0.2, -0.15) is 0 Å². The van der Waals surface area contributed by atoms with Gasteiger partial charge in [0.2, 0.25) is 6.79 Å². The lowest BCUT2D eigenvalue weighted by Crippen LogP contribution is -2.29. The second-order valence-electron chi connectivity index (χ2n) is 6.22. The van der Waals surface area contributed by atoms with Crippen LogP contribution in [0, 0.1) is 0 Å². The van der Waals surface area contributed by atoms with Crippen molar-refractivity contribution in [3.05, 3.63) is 48.0 Å². The first-order valence-electron chi connectivity index (χ1n) is 8.41. The Bertz CT molecular complexity index is 950. The van der Waals surface area contributed by atoms with E-state index < -0.39 is 10.0 Å². The van der Waals surface area contributed by atoms with Crippen LogP contribution in [0.25, 0.3) is 0 Å². The Hall–Kier alpha value is -2.49. The zero-order chi connectivity index (χ0) is 19.4. The van der Waals surface area contributed by atoms with Crippen molar-refractivity contribution in [2.45, 2.75) is 24.3 Å². The van der Waals surface area contributed by atoms with Crippen LogP contribution in [-0.4, -0.2) is 33.7 Å². The fraction of sp³-hybridized carbons (Fsp3) is 0.278. The van der Waals surface area contributed by atoms with Crippen molar-refractivity contribution in [2.75, 3.05) is 18.1 Å². The Kier molecular flexibility index (Phi) is 7.11. The number of fused-ring (bicyclic) bond motifs is 1. The predicted molar refractivity (Wildman–Crippen MR) is 108 cm³/mol. The highest BCUT2D eigenvalue weighted by atomic mass is 35.5. The lowest BCUT2D eigenvalue weighted by Gasteiger charge is -2.11. The molecule has 0 saturated carbocycles. The molecule has 2 aromatic carbocycles. The molecule has 2 aromatic rings. The van der Waals surface area contributed by atoms with Crippen LogP contribution < -0.4 is 25.2 Å². The molecule has 0 aliphatic carbocycles. The number of halogens is 1. The predicted octanol–water partition coefficient (Wildman–Crippen LogP) is 2.10. The second kappa shape index (κ2) is 9.13. The molecular formula is C18H22ClN3O5S. The number of nitrogens with two attached hydrogens (primary N) is 1. The quantitative estimate of drug-likeness (QED) is 0.622. The number of carbonyl (C=O) groups is 1. The van der Waals surface area contributed by atoms with Crippen LogP contribution in [0.15, 0.2) is 47.4 Å². The molecule has 1 unspecified atom stereocenters. The highest BCUT2D eigenvalue weighted by molar-refractivity contribution is 7.92. The van der Waals surface area contributed by atoms with Gasteiger partial charge in [0.15, 0.2) is 11.5 Å². The van der Waals surface area contributed by atoms with E-state index >= 15 is 0 Å². The number of hydrogen-bond donors (Lipinski definition) is 3. The Balaban J connectivity index is 0.00000280. The van der Waals surface area contributed by atoms with E-state index in [0.717, 1.165) is 0 Å². The lowest BCUT2D eigenvalue weighted by molar-refractivity contribution is 0.0952. The van der Waals surface area contributed by atoms with Crippen LogP contribution in [0.2, 0.25) is 0 Å². The van der Waals surface area contributed by atoms with Gasteiger partial charge in [0.1, 0.15) is 0 Å². The van der Waals surface area contributed by atoms with Gasteiger partial charge in [-0.05, 0) is 43.7 Å². The highest BCUT2D eigenvalue weighted by Crippen LogP contribution is 2.34. The topological polar surface area (TPSA) is 120 Å². The minimum Gasteiger partial charge on any atom is -0.454 e. The molecule has 0 fully saturated rings. The van der Waals surface area contributed by atoms with E-state index in [9.17, 15) is 13.2 Å². The van der Waals surface area contributed by atoms with Gasteiger partial charge in [0.25, 0.3) is 15.9 Å². The largest absolute Gasteiger partial charge is 0.454 e. The Morgan fingerprint density at radius 3 is 2.68 bits per heavy atom. The van der Waals surface area contributed by atoms with Gasteiger partial charge in [-0.15, -0.1) is 12.4 Å². The zero-order valence-corrected chi connectivity index (χ0v) is 16.8. The van der Waals surface area contributed by atoms with Crippen LogP contribution in [0.1, 0.15) is 23.7 Å². The monoisotopic (exact) mass is 427 g/mol. The summed E-state index contributed by atoms with van der Waals surface area (Å²) in [6, 6.07) is 10.6. The Morgan fingerprint density at radius 1 is 1.18 bits per heavy atom. The summed E-state index contributed by atoms with van der Waals surface area (Å²) in [4.78, 5) is 12.2. The maximum atomic E-state index is 12.6. The number of carbonyl (C=O) groups excluding carboxylic acids is 1. The SMILES string of the molecule is CC(N)CCNC(=O)c1cccc(S(=O)(=O)Nc2ccc3c(c2)OCO3)c1.Cl. The van der Waals surface area contributed by atoms with Crippen LogP contribution >= 0.6 is 12.4 Å². The van der Waals surface area contributed by atoms with Crippen LogP contribution in [0.3, 0.4) is 0 Å². The van der Waals surface area contributed by atoms with Crippen molar-refractivity contribution in [3.63, 3.8) is 0 Å². The minimum atomic E-state index is -3.87.